The number of nitrogens with one attached hydrogen (secondary N) is 2. The predicted molar refractivity (Wildman–Crippen MR) is 94.7 cm³/mol. The van der Waals surface area contributed by atoms with Crippen LogP contribution < -0.4 is 10.6 Å². The lowest BCUT2D eigenvalue weighted by molar-refractivity contribution is -0.120. The van der Waals surface area contributed by atoms with E-state index in [0.717, 1.165) is 19.3 Å². The van der Waals surface area contributed by atoms with Crippen LogP contribution >= 0.6 is 0 Å². The zero-order valence-electron chi connectivity index (χ0n) is 14.6. The summed E-state index contributed by atoms with van der Waals surface area (Å²) < 4.78 is 27.2. The van der Waals surface area contributed by atoms with Gasteiger partial charge < -0.3 is 10.6 Å². The van der Waals surface area contributed by atoms with Crippen molar-refractivity contribution in [2.24, 2.45) is 0 Å². The van der Waals surface area contributed by atoms with Gasteiger partial charge in [0.1, 0.15) is 0 Å². The first-order valence-corrected chi connectivity index (χ1v) is 9.97. The number of carbonyl (C=O) groups is 2. The number of carbonyl (C=O) groups excluding carboxylic acids is 2. The Hall–Kier alpha value is -1.93. The molecule has 25 heavy (non-hydrogen) atoms. The molecule has 0 spiro atoms. The number of piperidine rings is 1. The molecule has 1 saturated heterocycles. The van der Waals surface area contributed by atoms with Crippen molar-refractivity contribution < 1.29 is 18.0 Å². The number of amides is 2. The lowest BCUT2D eigenvalue weighted by atomic mass is 10.1. The Morgan fingerprint density at radius 1 is 1.24 bits per heavy atom. The number of hydrogen-bond donors (Lipinski definition) is 2. The lowest BCUT2D eigenvalue weighted by Gasteiger charge is -2.32. The SMILES string of the molecule is CCNC(=O)CNC(=O)c1cccc(S(=O)(=O)N2CCCC[C@@H]2C)c1. The highest BCUT2D eigenvalue weighted by molar-refractivity contribution is 7.89. The smallest absolute Gasteiger partial charge is 0.251 e. The van der Waals surface area contributed by atoms with Crippen LogP contribution in [0.25, 0.3) is 0 Å². The van der Waals surface area contributed by atoms with Crippen molar-refractivity contribution in [1.29, 1.82) is 0 Å². The van der Waals surface area contributed by atoms with E-state index in [0.29, 0.717) is 13.1 Å². The summed E-state index contributed by atoms with van der Waals surface area (Å²) in [6.45, 7) is 4.52. The molecule has 0 bridgehead atoms. The number of nitrogens with zero attached hydrogens (tertiary/aromatic N) is 1. The minimum atomic E-state index is -3.63. The molecule has 8 heteroatoms. The molecule has 1 aromatic rings. The fourth-order valence-corrected chi connectivity index (χ4v) is 4.63. The monoisotopic (exact) mass is 367 g/mol. The zero-order valence-corrected chi connectivity index (χ0v) is 15.4. The molecule has 0 aromatic heterocycles. The van der Waals surface area contributed by atoms with Gasteiger partial charge in [0.25, 0.3) is 5.91 Å². The second-order valence-electron chi connectivity index (χ2n) is 6.12. The van der Waals surface area contributed by atoms with Gasteiger partial charge in [-0.3, -0.25) is 9.59 Å². The van der Waals surface area contributed by atoms with Crippen molar-refractivity contribution in [3.63, 3.8) is 0 Å². The number of hydrogen-bond acceptors (Lipinski definition) is 4. The van der Waals surface area contributed by atoms with E-state index in [1.807, 2.05) is 6.92 Å². The Morgan fingerprint density at radius 2 is 2.00 bits per heavy atom. The average Bonchev–Trinajstić information content (AvgIpc) is 2.60. The molecule has 0 unspecified atom stereocenters. The van der Waals surface area contributed by atoms with Crippen LogP contribution in [-0.4, -0.2) is 50.2 Å². The predicted octanol–water partition coefficient (Wildman–Crippen LogP) is 1.12. The molecule has 0 radical (unpaired) electrons. The third-order valence-electron chi connectivity index (χ3n) is 4.23. The Kier molecular flexibility index (Phi) is 6.55. The van der Waals surface area contributed by atoms with Gasteiger partial charge in [-0.1, -0.05) is 12.5 Å². The summed E-state index contributed by atoms with van der Waals surface area (Å²) in [5.41, 5.74) is 0.218. The lowest BCUT2D eigenvalue weighted by Crippen LogP contribution is -2.42. The van der Waals surface area contributed by atoms with Gasteiger partial charge in [-0.15, -0.1) is 0 Å². The topological polar surface area (TPSA) is 95.6 Å². The van der Waals surface area contributed by atoms with Gasteiger partial charge in [0.15, 0.2) is 0 Å². The largest absolute Gasteiger partial charge is 0.355 e. The first-order valence-electron chi connectivity index (χ1n) is 8.53. The maximum absolute atomic E-state index is 12.9. The normalized spacial score (nSPS) is 18.6. The fraction of sp³-hybridized carbons (Fsp3) is 0.529. The summed E-state index contributed by atoms with van der Waals surface area (Å²) in [4.78, 5) is 23.7. The zero-order chi connectivity index (χ0) is 18.4. The highest BCUT2D eigenvalue weighted by Crippen LogP contribution is 2.25. The van der Waals surface area contributed by atoms with E-state index in [4.69, 9.17) is 0 Å². The molecule has 0 saturated carbocycles. The van der Waals surface area contributed by atoms with Crippen LogP contribution in [0.2, 0.25) is 0 Å². The number of sulfonamides is 1. The average molecular weight is 367 g/mol. The molecule has 1 aliphatic rings. The minimum absolute atomic E-state index is 0.0472. The van der Waals surface area contributed by atoms with Crippen LogP contribution in [0.4, 0.5) is 0 Å². The van der Waals surface area contributed by atoms with Crippen molar-refractivity contribution in [3.05, 3.63) is 29.8 Å². The van der Waals surface area contributed by atoms with Crippen molar-refractivity contribution >= 4 is 21.8 Å². The molecule has 7 nitrogen and oxygen atoms in total. The molecule has 2 N–H and O–H groups in total. The summed E-state index contributed by atoms with van der Waals surface area (Å²) in [6, 6.07) is 5.89. The van der Waals surface area contributed by atoms with E-state index >= 15 is 0 Å². The maximum Gasteiger partial charge on any atom is 0.251 e. The van der Waals surface area contributed by atoms with Gasteiger partial charge in [-0.25, -0.2) is 8.42 Å². The maximum atomic E-state index is 12.9. The second-order valence-corrected chi connectivity index (χ2v) is 8.02. The van der Waals surface area contributed by atoms with Crippen molar-refractivity contribution in [2.75, 3.05) is 19.6 Å². The van der Waals surface area contributed by atoms with Crippen LogP contribution in [0.15, 0.2) is 29.2 Å². The summed E-state index contributed by atoms with van der Waals surface area (Å²) in [5.74, 6) is -0.767. The molecule has 0 aliphatic carbocycles. The first kappa shape index (κ1) is 19.4. The third-order valence-corrected chi connectivity index (χ3v) is 6.24. The van der Waals surface area contributed by atoms with E-state index in [2.05, 4.69) is 10.6 Å². The molecule has 2 rings (SSSR count). The van der Waals surface area contributed by atoms with Crippen LogP contribution in [0.3, 0.4) is 0 Å². The van der Waals surface area contributed by atoms with Gasteiger partial charge in [0, 0.05) is 24.7 Å². The Labute approximate surface area is 148 Å². The van der Waals surface area contributed by atoms with Gasteiger partial charge in [0.05, 0.1) is 11.4 Å². The van der Waals surface area contributed by atoms with Crippen molar-refractivity contribution in [2.45, 2.75) is 44.0 Å². The quantitative estimate of drug-likeness (QED) is 0.787. The second kappa shape index (κ2) is 8.44. The molecule has 1 heterocycles. The summed E-state index contributed by atoms with van der Waals surface area (Å²) in [5, 5.41) is 5.07. The highest BCUT2D eigenvalue weighted by atomic mass is 32.2. The number of benzene rings is 1. The first-order chi connectivity index (χ1) is 11.9. The Bertz CT molecular complexity index is 733. The van der Waals surface area contributed by atoms with Crippen LogP contribution in [-0.2, 0) is 14.8 Å². The van der Waals surface area contributed by atoms with Gasteiger partial charge >= 0.3 is 0 Å². The van der Waals surface area contributed by atoms with Crippen molar-refractivity contribution in [1.82, 2.24) is 14.9 Å². The summed E-state index contributed by atoms with van der Waals surface area (Å²) >= 11 is 0. The van der Waals surface area contributed by atoms with Crippen LogP contribution in [0.5, 0.6) is 0 Å². The molecule has 1 aromatic carbocycles. The minimum Gasteiger partial charge on any atom is -0.355 e. The summed E-state index contributed by atoms with van der Waals surface area (Å²) in [6.07, 6.45) is 2.71. The van der Waals surface area contributed by atoms with E-state index in [1.54, 1.807) is 13.0 Å². The van der Waals surface area contributed by atoms with Gasteiger partial charge in [0.2, 0.25) is 15.9 Å². The molecule has 1 aliphatic heterocycles. The molecular weight excluding hydrogens is 342 g/mol. The van der Waals surface area contributed by atoms with Crippen LogP contribution in [0.1, 0.15) is 43.5 Å². The molecule has 2 amide bonds. The van der Waals surface area contributed by atoms with E-state index < -0.39 is 15.9 Å². The summed E-state index contributed by atoms with van der Waals surface area (Å²) in [7, 11) is -3.63. The standard InChI is InChI=1S/C17H25N3O4S/c1-3-18-16(21)12-19-17(22)14-8-6-9-15(11-14)25(23,24)20-10-5-4-7-13(20)2/h6,8-9,11,13H,3-5,7,10,12H2,1-2H3,(H,18,21)(H,19,22)/t13-/m0/s1. The molecule has 138 valence electrons. The molecular formula is C17H25N3O4S. The van der Waals surface area contributed by atoms with Crippen LogP contribution in [0, 0.1) is 0 Å². The number of rotatable bonds is 6. The van der Waals surface area contributed by atoms with Gasteiger partial charge in [-0.05, 0) is 44.9 Å². The fourth-order valence-electron chi connectivity index (χ4n) is 2.88. The highest BCUT2D eigenvalue weighted by Gasteiger charge is 2.31. The Morgan fingerprint density at radius 3 is 2.68 bits per heavy atom. The van der Waals surface area contributed by atoms with Gasteiger partial charge in [-0.2, -0.15) is 4.31 Å². The van der Waals surface area contributed by atoms with Crippen molar-refractivity contribution in [3.8, 4) is 0 Å². The molecule has 1 fully saturated rings. The van der Waals surface area contributed by atoms with E-state index in [9.17, 15) is 18.0 Å². The van der Waals surface area contributed by atoms with E-state index in [-0.39, 0.29) is 29.0 Å². The Balaban J connectivity index is 2.14. The van der Waals surface area contributed by atoms with E-state index in [1.165, 1.54) is 22.5 Å². The third kappa shape index (κ3) is 4.79. The number of likely N-dealkylation sites (N-methyl/N-ethyl adjacent to an activating group) is 1. The molecule has 1 atom stereocenters.